The van der Waals surface area contributed by atoms with Gasteiger partial charge in [-0.25, -0.2) is 0 Å². The molecule has 0 aromatic heterocycles. The first-order valence-corrected chi connectivity index (χ1v) is 10.8. The third kappa shape index (κ3) is 7.17. The van der Waals surface area contributed by atoms with Gasteiger partial charge >= 0.3 is 6.61 Å². The highest BCUT2D eigenvalue weighted by Gasteiger charge is 2.35. The molecule has 33 heavy (non-hydrogen) atoms. The van der Waals surface area contributed by atoms with Gasteiger partial charge in [-0.05, 0) is 41.5 Å². The molecule has 12 heteroatoms. The number of methoxy groups -OCH3 is 1. The van der Waals surface area contributed by atoms with E-state index in [0.29, 0.717) is 5.56 Å². The molecule has 1 aromatic carbocycles. The van der Waals surface area contributed by atoms with E-state index in [0.717, 1.165) is 16.7 Å². The quantitative estimate of drug-likeness (QED) is 0.490. The van der Waals surface area contributed by atoms with E-state index in [1.807, 2.05) is 0 Å². The van der Waals surface area contributed by atoms with Crippen LogP contribution in [-0.4, -0.2) is 60.7 Å². The molecule has 0 aliphatic carbocycles. The topological polar surface area (TPSA) is 114 Å². The van der Waals surface area contributed by atoms with Crippen molar-refractivity contribution in [3.05, 3.63) is 28.7 Å². The average Bonchev–Trinajstić information content (AvgIpc) is 2.99. The monoisotopic (exact) mass is 485 g/mol. The summed E-state index contributed by atoms with van der Waals surface area (Å²) in [6, 6.07) is 3.39. The van der Waals surface area contributed by atoms with Gasteiger partial charge < -0.3 is 20.1 Å². The third-order valence-corrected chi connectivity index (χ3v) is 5.43. The van der Waals surface area contributed by atoms with Crippen molar-refractivity contribution < 1.29 is 37.4 Å². The van der Waals surface area contributed by atoms with Crippen LogP contribution in [0.5, 0.6) is 11.5 Å². The van der Waals surface area contributed by atoms with Gasteiger partial charge in [-0.2, -0.15) is 8.78 Å². The van der Waals surface area contributed by atoms with Gasteiger partial charge in [0.25, 0.3) is 11.1 Å². The predicted molar refractivity (Wildman–Crippen MR) is 118 cm³/mol. The summed E-state index contributed by atoms with van der Waals surface area (Å²) in [5.74, 6) is -1.57. The average molecular weight is 486 g/mol. The summed E-state index contributed by atoms with van der Waals surface area (Å²) in [6.07, 6.45) is 1.43. The molecule has 1 aliphatic heterocycles. The minimum absolute atomic E-state index is 0.0143. The molecule has 9 nitrogen and oxygen atoms in total. The lowest BCUT2D eigenvalue weighted by Crippen LogP contribution is -2.50. The number of nitrogens with one attached hydrogen (secondary N) is 2. The number of amides is 4. The largest absolute Gasteiger partial charge is 0.493 e. The number of hydrogen-bond donors (Lipinski definition) is 2. The lowest BCUT2D eigenvalue weighted by Gasteiger charge is -2.21. The minimum atomic E-state index is -3.02. The maximum absolute atomic E-state index is 12.6. The van der Waals surface area contributed by atoms with Gasteiger partial charge in [-0.1, -0.05) is 19.9 Å². The first-order chi connectivity index (χ1) is 15.5. The Morgan fingerprint density at radius 1 is 1.21 bits per heavy atom. The Hall–Kier alpha value is -3.15. The number of nitrogens with zero attached hydrogens (tertiary/aromatic N) is 1. The van der Waals surface area contributed by atoms with E-state index >= 15 is 0 Å². The predicted octanol–water partition coefficient (Wildman–Crippen LogP) is 2.61. The highest BCUT2D eigenvalue weighted by molar-refractivity contribution is 8.18. The molecule has 1 heterocycles. The number of carbonyl (C=O) groups excluding carboxylic acids is 4. The van der Waals surface area contributed by atoms with Crippen LogP contribution in [-0.2, 0) is 14.4 Å². The van der Waals surface area contributed by atoms with Crippen molar-refractivity contribution in [2.45, 2.75) is 33.4 Å². The number of carbonyl (C=O) groups is 4. The van der Waals surface area contributed by atoms with E-state index in [1.165, 1.54) is 38.3 Å². The lowest BCUT2D eigenvalue weighted by atomic mass is 10.0. The number of imide groups is 1. The molecule has 1 fully saturated rings. The number of rotatable bonds is 10. The van der Waals surface area contributed by atoms with Crippen LogP contribution in [0.2, 0.25) is 0 Å². The zero-order valence-electron chi connectivity index (χ0n) is 18.5. The molecule has 1 aromatic rings. The van der Waals surface area contributed by atoms with Crippen molar-refractivity contribution in [3.8, 4) is 11.5 Å². The van der Waals surface area contributed by atoms with Gasteiger partial charge in [0.1, 0.15) is 6.04 Å². The molecular formula is C21H25F2N3O6S. The Balaban J connectivity index is 2.03. The zero-order chi connectivity index (χ0) is 24.7. The molecule has 1 unspecified atom stereocenters. The van der Waals surface area contributed by atoms with Crippen LogP contribution in [0.3, 0.4) is 0 Å². The highest BCUT2D eigenvalue weighted by Crippen LogP contribution is 2.34. The smallest absolute Gasteiger partial charge is 0.387 e. The van der Waals surface area contributed by atoms with Crippen LogP contribution in [0.1, 0.15) is 26.3 Å². The third-order valence-electron chi connectivity index (χ3n) is 4.52. The Morgan fingerprint density at radius 3 is 2.48 bits per heavy atom. The SMILES string of the molecule is COc1cc(/C=C2\SC(=O)N(CCNC(=O)C(NC(C)=O)C(C)C)C2=O)ccc1OC(F)F. The van der Waals surface area contributed by atoms with Crippen molar-refractivity contribution in [3.63, 3.8) is 0 Å². The Bertz CT molecular complexity index is 954. The van der Waals surface area contributed by atoms with E-state index in [2.05, 4.69) is 15.4 Å². The maximum Gasteiger partial charge on any atom is 0.387 e. The summed E-state index contributed by atoms with van der Waals surface area (Å²) in [5, 5.41) is 4.67. The van der Waals surface area contributed by atoms with Crippen LogP contribution in [0.15, 0.2) is 23.1 Å². The summed E-state index contributed by atoms with van der Waals surface area (Å²) < 4.78 is 34.3. The summed E-state index contributed by atoms with van der Waals surface area (Å²) in [5.41, 5.74) is 0.447. The number of benzene rings is 1. The van der Waals surface area contributed by atoms with Gasteiger partial charge in [0.05, 0.1) is 12.0 Å². The van der Waals surface area contributed by atoms with E-state index in [-0.39, 0.29) is 41.3 Å². The number of halogens is 2. The Kier molecular flexibility index (Phi) is 9.21. The highest BCUT2D eigenvalue weighted by atomic mass is 32.2. The van der Waals surface area contributed by atoms with Crippen molar-refractivity contribution in [2.75, 3.05) is 20.2 Å². The number of thioether (sulfide) groups is 1. The molecule has 0 spiro atoms. The van der Waals surface area contributed by atoms with Crippen molar-refractivity contribution in [2.24, 2.45) is 5.92 Å². The van der Waals surface area contributed by atoms with Gasteiger partial charge in [0.15, 0.2) is 11.5 Å². The van der Waals surface area contributed by atoms with E-state index in [4.69, 9.17) is 4.74 Å². The van der Waals surface area contributed by atoms with Crippen molar-refractivity contribution in [1.82, 2.24) is 15.5 Å². The van der Waals surface area contributed by atoms with E-state index < -0.39 is 29.7 Å². The molecule has 1 atom stereocenters. The van der Waals surface area contributed by atoms with Gasteiger partial charge in [-0.3, -0.25) is 24.1 Å². The fraction of sp³-hybridized carbons (Fsp3) is 0.429. The molecule has 0 saturated carbocycles. The second-order valence-corrected chi connectivity index (χ2v) is 8.33. The molecule has 2 rings (SSSR count). The molecular weight excluding hydrogens is 460 g/mol. The fourth-order valence-corrected chi connectivity index (χ4v) is 3.83. The fourth-order valence-electron chi connectivity index (χ4n) is 2.97. The normalized spacial score (nSPS) is 15.9. The Labute approximate surface area is 193 Å². The molecule has 4 amide bonds. The molecule has 180 valence electrons. The summed E-state index contributed by atoms with van der Waals surface area (Å²) in [4.78, 5) is 49.6. The minimum Gasteiger partial charge on any atom is -0.493 e. The Morgan fingerprint density at radius 2 is 1.91 bits per heavy atom. The molecule has 2 N–H and O–H groups in total. The van der Waals surface area contributed by atoms with Crippen LogP contribution < -0.4 is 20.1 Å². The van der Waals surface area contributed by atoms with E-state index in [1.54, 1.807) is 13.8 Å². The number of ether oxygens (including phenoxy) is 2. The maximum atomic E-state index is 12.6. The van der Waals surface area contributed by atoms with Crippen LogP contribution in [0, 0.1) is 5.92 Å². The molecule has 1 aliphatic rings. The standard InChI is InChI=1S/C21H25F2N3O6S/c1-11(2)17(25-12(3)27)18(28)24-7-8-26-19(29)16(33-21(26)30)10-13-5-6-14(32-20(22)23)15(9-13)31-4/h5-6,9-11,17,20H,7-8H2,1-4H3,(H,24,28)(H,25,27)/b16-10-. The molecule has 0 bridgehead atoms. The lowest BCUT2D eigenvalue weighted by molar-refractivity contribution is -0.129. The first-order valence-electron chi connectivity index (χ1n) is 9.96. The number of hydrogen-bond acceptors (Lipinski definition) is 7. The zero-order valence-corrected chi connectivity index (χ0v) is 19.3. The summed E-state index contributed by atoms with van der Waals surface area (Å²) >= 11 is 0.720. The van der Waals surface area contributed by atoms with Gasteiger partial charge in [-0.15, -0.1) is 0 Å². The van der Waals surface area contributed by atoms with Gasteiger partial charge in [0.2, 0.25) is 11.8 Å². The summed E-state index contributed by atoms with van der Waals surface area (Å²) in [6.45, 7) is 1.81. The number of alkyl halides is 2. The second kappa shape index (κ2) is 11.6. The first kappa shape index (κ1) is 26.1. The van der Waals surface area contributed by atoms with Crippen molar-refractivity contribution in [1.29, 1.82) is 0 Å². The molecule has 0 radical (unpaired) electrons. The molecule has 1 saturated heterocycles. The van der Waals surface area contributed by atoms with Crippen molar-refractivity contribution >= 4 is 40.8 Å². The van der Waals surface area contributed by atoms with E-state index in [9.17, 15) is 28.0 Å². The van der Waals surface area contributed by atoms with Crippen LogP contribution in [0.25, 0.3) is 6.08 Å². The van der Waals surface area contributed by atoms with Crippen LogP contribution >= 0.6 is 11.8 Å². The van der Waals surface area contributed by atoms with Crippen LogP contribution in [0.4, 0.5) is 13.6 Å². The summed E-state index contributed by atoms with van der Waals surface area (Å²) in [7, 11) is 1.29. The van der Waals surface area contributed by atoms with Gasteiger partial charge in [0, 0.05) is 20.0 Å². The second-order valence-electron chi connectivity index (χ2n) is 7.34.